The Kier molecular flexibility index (Phi) is 3.27. The van der Waals surface area contributed by atoms with Crippen LogP contribution in [0.2, 0.25) is 0 Å². The lowest BCUT2D eigenvalue weighted by Gasteiger charge is -2.14. The molecule has 116 valence electrons. The second-order valence-electron chi connectivity index (χ2n) is 6.58. The van der Waals surface area contributed by atoms with E-state index in [1.54, 1.807) is 0 Å². The van der Waals surface area contributed by atoms with Crippen LogP contribution in [0.25, 0.3) is 0 Å². The Balaban J connectivity index is 2.34. The summed E-state index contributed by atoms with van der Waals surface area (Å²) in [4.78, 5) is 10.9. The number of alkyl halides is 3. The third-order valence-corrected chi connectivity index (χ3v) is 4.89. The van der Waals surface area contributed by atoms with Crippen LogP contribution in [-0.2, 0) is 6.18 Å². The monoisotopic (exact) mass is 301 g/mol. The van der Waals surface area contributed by atoms with Gasteiger partial charge in [0.05, 0.1) is 11.1 Å². The first kappa shape index (κ1) is 15.7. The minimum Gasteiger partial charge on any atom is -0.478 e. The summed E-state index contributed by atoms with van der Waals surface area (Å²) in [5.74, 6) is -1.58. The van der Waals surface area contributed by atoms with Crippen LogP contribution in [0.1, 0.15) is 43.6 Å². The highest BCUT2D eigenvalue weighted by atomic mass is 19.4. The largest absolute Gasteiger partial charge is 0.478 e. The Morgan fingerprint density at radius 3 is 2.10 bits per heavy atom. The summed E-state index contributed by atoms with van der Waals surface area (Å²) in [6.45, 7) is 8.17. The topological polar surface area (TPSA) is 49.3 Å². The number of hydrogen-bond donors (Lipinski definition) is 2. The van der Waals surface area contributed by atoms with E-state index in [1.807, 2.05) is 27.7 Å². The Bertz CT molecular complexity index is 577. The summed E-state index contributed by atoms with van der Waals surface area (Å²) in [5.41, 5.74) is -1.64. The maximum Gasteiger partial charge on any atom is 0.417 e. The van der Waals surface area contributed by atoms with Gasteiger partial charge in [-0.15, -0.1) is 0 Å². The van der Waals surface area contributed by atoms with Crippen molar-refractivity contribution in [3.8, 4) is 0 Å². The Morgan fingerprint density at radius 2 is 1.71 bits per heavy atom. The number of benzene rings is 1. The molecule has 1 aromatic rings. The molecule has 1 saturated carbocycles. The summed E-state index contributed by atoms with van der Waals surface area (Å²) in [7, 11) is 0. The van der Waals surface area contributed by atoms with Crippen molar-refractivity contribution in [2.24, 2.45) is 10.8 Å². The smallest absolute Gasteiger partial charge is 0.417 e. The van der Waals surface area contributed by atoms with Crippen molar-refractivity contribution < 1.29 is 23.1 Å². The Morgan fingerprint density at radius 1 is 1.19 bits per heavy atom. The zero-order chi connectivity index (χ0) is 16.2. The number of anilines is 1. The number of aromatic carboxylic acids is 1. The molecule has 0 unspecified atom stereocenters. The molecule has 0 heterocycles. The molecule has 0 aromatic heterocycles. The van der Waals surface area contributed by atoms with Crippen molar-refractivity contribution in [1.29, 1.82) is 0 Å². The molecule has 0 saturated heterocycles. The van der Waals surface area contributed by atoms with Gasteiger partial charge in [-0.1, -0.05) is 27.7 Å². The van der Waals surface area contributed by atoms with Gasteiger partial charge in [0.2, 0.25) is 0 Å². The minimum atomic E-state index is -4.69. The highest BCUT2D eigenvalue weighted by molar-refractivity contribution is 5.90. The van der Waals surface area contributed by atoms with Crippen LogP contribution < -0.4 is 5.32 Å². The molecule has 0 radical (unpaired) electrons. The summed E-state index contributed by atoms with van der Waals surface area (Å²) < 4.78 is 38.9. The zero-order valence-corrected chi connectivity index (χ0v) is 12.3. The molecule has 21 heavy (non-hydrogen) atoms. The highest BCUT2D eigenvalue weighted by Gasteiger charge is 2.64. The Labute approximate surface area is 121 Å². The van der Waals surface area contributed by atoms with E-state index >= 15 is 0 Å². The van der Waals surface area contributed by atoms with Crippen molar-refractivity contribution in [3.05, 3.63) is 29.3 Å². The number of halogens is 3. The molecule has 0 atom stereocenters. The van der Waals surface area contributed by atoms with Crippen LogP contribution in [-0.4, -0.2) is 17.1 Å². The van der Waals surface area contributed by atoms with Gasteiger partial charge in [-0.2, -0.15) is 13.2 Å². The van der Waals surface area contributed by atoms with E-state index in [0.717, 1.165) is 12.1 Å². The predicted molar refractivity (Wildman–Crippen MR) is 73.4 cm³/mol. The fourth-order valence-electron chi connectivity index (χ4n) is 2.78. The lowest BCUT2D eigenvalue weighted by Crippen LogP contribution is -2.15. The van der Waals surface area contributed by atoms with Gasteiger partial charge in [0, 0.05) is 11.7 Å². The first-order chi connectivity index (χ1) is 9.39. The van der Waals surface area contributed by atoms with Crippen LogP contribution in [0, 0.1) is 10.8 Å². The summed E-state index contributed by atoms with van der Waals surface area (Å²) in [6, 6.07) is 3.29. The predicted octanol–water partition coefficient (Wildman–Crippen LogP) is 4.25. The van der Waals surface area contributed by atoms with Crippen LogP contribution in [0.5, 0.6) is 0 Å². The van der Waals surface area contributed by atoms with E-state index in [2.05, 4.69) is 5.32 Å². The minimum absolute atomic E-state index is 0.0309. The van der Waals surface area contributed by atoms with Gasteiger partial charge in [0.25, 0.3) is 0 Å². The van der Waals surface area contributed by atoms with Gasteiger partial charge in [0.1, 0.15) is 0 Å². The summed E-state index contributed by atoms with van der Waals surface area (Å²) in [5, 5.41) is 11.9. The summed E-state index contributed by atoms with van der Waals surface area (Å²) in [6.07, 6.45) is -4.69. The third kappa shape index (κ3) is 2.47. The lowest BCUT2D eigenvalue weighted by atomic mass is 10.0. The average molecular weight is 301 g/mol. The second kappa shape index (κ2) is 4.39. The number of carboxylic acids is 1. The first-order valence-electron chi connectivity index (χ1n) is 6.60. The molecule has 1 fully saturated rings. The van der Waals surface area contributed by atoms with Crippen molar-refractivity contribution >= 4 is 11.7 Å². The van der Waals surface area contributed by atoms with Crippen molar-refractivity contribution in [3.63, 3.8) is 0 Å². The molecule has 1 aromatic carbocycles. The van der Waals surface area contributed by atoms with E-state index < -0.39 is 23.3 Å². The van der Waals surface area contributed by atoms with Gasteiger partial charge in [-0.25, -0.2) is 4.79 Å². The first-order valence-corrected chi connectivity index (χ1v) is 6.60. The van der Waals surface area contributed by atoms with E-state index in [0.29, 0.717) is 0 Å². The zero-order valence-electron chi connectivity index (χ0n) is 12.3. The number of nitrogens with one attached hydrogen (secondary N) is 1. The van der Waals surface area contributed by atoms with Gasteiger partial charge in [-0.05, 0) is 29.0 Å². The average Bonchev–Trinajstić information content (AvgIpc) is 2.70. The number of carbonyl (C=O) groups is 1. The number of hydrogen-bond acceptors (Lipinski definition) is 2. The molecule has 0 spiro atoms. The van der Waals surface area contributed by atoms with Crippen molar-refractivity contribution in [1.82, 2.24) is 0 Å². The number of carboxylic acid groups (broad SMARTS) is 1. The van der Waals surface area contributed by atoms with E-state index in [-0.39, 0.29) is 22.6 Å². The molecule has 1 aliphatic rings. The summed E-state index contributed by atoms with van der Waals surface area (Å²) >= 11 is 0. The fraction of sp³-hybridized carbons (Fsp3) is 0.533. The van der Waals surface area contributed by atoms with Crippen LogP contribution in [0.3, 0.4) is 0 Å². The van der Waals surface area contributed by atoms with Crippen LogP contribution in [0.15, 0.2) is 18.2 Å². The number of rotatable bonds is 3. The molecular weight excluding hydrogens is 283 g/mol. The van der Waals surface area contributed by atoms with E-state index in [9.17, 15) is 18.0 Å². The van der Waals surface area contributed by atoms with Gasteiger partial charge < -0.3 is 10.4 Å². The molecule has 3 nitrogen and oxygen atoms in total. The molecule has 6 heteroatoms. The molecule has 1 aliphatic carbocycles. The SMILES string of the molecule is CC1(C)C(Nc2ccc(C(=O)O)c(C(F)(F)F)c2)C1(C)C. The highest BCUT2D eigenvalue weighted by Crippen LogP contribution is 2.63. The fourth-order valence-corrected chi connectivity index (χ4v) is 2.78. The van der Waals surface area contributed by atoms with Crippen molar-refractivity contribution in [2.45, 2.75) is 39.9 Å². The molecule has 2 N–H and O–H groups in total. The van der Waals surface area contributed by atoms with E-state index in [4.69, 9.17) is 5.11 Å². The standard InChI is InChI=1S/C15H18F3NO2/c1-13(2)12(14(13,3)4)19-8-5-6-9(11(20)21)10(7-8)15(16,17)18/h5-7,12,19H,1-4H3,(H,20,21). The lowest BCUT2D eigenvalue weighted by molar-refractivity contribution is -0.138. The third-order valence-electron chi connectivity index (χ3n) is 4.89. The maximum atomic E-state index is 13.0. The normalized spacial score (nSPS) is 20.1. The Hall–Kier alpha value is -1.72. The van der Waals surface area contributed by atoms with Gasteiger partial charge in [0.15, 0.2) is 0 Å². The van der Waals surface area contributed by atoms with Gasteiger partial charge >= 0.3 is 12.1 Å². The molecular formula is C15H18F3NO2. The molecule has 2 rings (SSSR count). The molecule has 0 aliphatic heterocycles. The molecule has 0 amide bonds. The quantitative estimate of drug-likeness (QED) is 0.877. The van der Waals surface area contributed by atoms with Crippen LogP contribution in [0.4, 0.5) is 18.9 Å². The van der Waals surface area contributed by atoms with E-state index in [1.165, 1.54) is 6.07 Å². The second-order valence-corrected chi connectivity index (χ2v) is 6.58. The molecule has 0 bridgehead atoms. The van der Waals surface area contributed by atoms with Crippen molar-refractivity contribution in [2.75, 3.05) is 5.32 Å². The van der Waals surface area contributed by atoms with Crippen LogP contribution >= 0.6 is 0 Å². The van der Waals surface area contributed by atoms with Gasteiger partial charge in [-0.3, -0.25) is 0 Å². The maximum absolute atomic E-state index is 13.0.